The first-order valence-electron chi connectivity index (χ1n) is 7.26. The first-order valence-corrected chi connectivity index (χ1v) is 7.26. The number of nitrogens with one attached hydrogen (secondary N) is 1. The van der Waals surface area contributed by atoms with Gasteiger partial charge in [0.25, 0.3) is 0 Å². The fourth-order valence-corrected chi connectivity index (χ4v) is 2.29. The summed E-state index contributed by atoms with van der Waals surface area (Å²) in [6, 6.07) is 7.81. The second kappa shape index (κ2) is 6.92. The molecule has 5 nitrogen and oxygen atoms in total. The summed E-state index contributed by atoms with van der Waals surface area (Å²) in [6.07, 6.45) is 5.65. The summed E-state index contributed by atoms with van der Waals surface area (Å²) in [6.45, 7) is 4.35. The highest BCUT2D eigenvalue weighted by molar-refractivity contribution is 5.76. The molecule has 2 rings (SSSR count). The van der Waals surface area contributed by atoms with Crippen molar-refractivity contribution in [3.63, 3.8) is 0 Å². The van der Waals surface area contributed by atoms with Gasteiger partial charge < -0.3 is 11.1 Å². The largest absolute Gasteiger partial charge is 0.399 e. The molecule has 5 heteroatoms. The van der Waals surface area contributed by atoms with Crippen LogP contribution in [0.15, 0.2) is 36.7 Å². The number of nitrogens with zero attached hydrogens (tertiary/aromatic N) is 2. The Balaban J connectivity index is 1.99. The molecule has 0 aliphatic rings. The average Bonchev–Trinajstić information content (AvgIpc) is 2.87. The summed E-state index contributed by atoms with van der Waals surface area (Å²) >= 11 is 0. The summed E-state index contributed by atoms with van der Waals surface area (Å²) in [4.78, 5) is 11.9. The lowest BCUT2D eigenvalue weighted by molar-refractivity contribution is -0.122. The standard InChI is InChI=1S/C16H22N4O/c1-3-5-12(2)19-16(21)11-20-10-14(9-18-20)13-6-4-7-15(17)8-13/h4,6-10,12H,3,5,11,17H2,1-2H3,(H,19,21). The molecule has 1 aromatic carbocycles. The van der Waals surface area contributed by atoms with Crippen molar-refractivity contribution in [1.29, 1.82) is 0 Å². The number of carbonyl (C=O) groups is 1. The molecule has 1 atom stereocenters. The molecule has 0 saturated carbocycles. The van der Waals surface area contributed by atoms with Crippen LogP contribution in [0.25, 0.3) is 11.1 Å². The molecule has 21 heavy (non-hydrogen) atoms. The zero-order valence-corrected chi connectivity index (χ0v) is 12.5. The van der Waals surface area contributed by atoms with Crippen molar-refractivity contribution < 1.29 is 4.79 Å². The Hall–Kier alpha value is -2.30. The van der Waals surface area contributed by atoms with E-state index in [0.29, 0.717) is 5.69 Å². The van der Waals surface area contributed by atoms with Gasteiger partial charge in [-0.1, -0.05) is 25.5 Å². The minimum atomic E-state index is -0.0156. The van der Waals surface area contributed by atoms with Crippen molar-refractivity contribution >= 4 is 11.6 Å². The number of nitrogens with two attached hydrogens (primary N) is 1. The third-order valence-corrected chi connectivity index (χ3v) is 3.29. The molecular weight excluding hydrogens is 264 g/mol. The molecule has 0 spiro atoms. The van der Waals surface area contributed by atoms with Crippen LogP contribution in [0.3, 0.4) is 0 Å². The lowest BCUT2D eigenvalue weighted by atomic mass is 10.1. The molecule has 0 bridgehead atoms. The van der Waals surface area contributed by atoms with Gasteiger partial charge in [0, 0.05) is 23.5 Å². The fraction of sp³-hybridized carbons (Fsp3) is 0.375. The average molecular weight is 286 g/mol. The predicted octanol–water partition coefficient (Wildman–Crippen LogP) is 2.44. The minimum absolute atomic E-state index is 0.0156. The molecule has 1 amide bonds. The second-order valence-electron chi connectivity index (χ2n) is 5.31. The molecule has 0 aliphatic heterocycles. The van der Waals surface area contributed by atoms with Gasteiger partial charge in [0.05, 0.1) is 6.20 Å². The van der Waals surface area contributed by atoms with Crippen molar-refractivity contribution in [2.24, 2.45) is 0 Å². The van der Waals surface area contributed by atoms with Crippen molar-refractivity contribution in [1.82, 2.24) is 15.1 Å². The lowest BCUT2D eigenvalue weighted by Gasteiger charge is -2.12. The maximum Gasteiger partial charge on any atom is 0.241 e. The summed E-state index contributed by atoms with van der Waals surface area (Å²) in [7, 11) is 0. The first-order chi connectivity index (χ1) is 10.1. The number of aromatic nitrogens is 2. The van der Waals surface area contributed by atoms with Crippen LogP contribution in [0.4, 0.5) is 5.69 Å². The number of benzene rings is 1. The van der Waals surface area contributed by atoms with E-state index in [4.69, 9.17) is 5.73 Å². The van der Waals surface area contributed by atoms with E-state index in [9.17, 15) is 4.79 Å². The van der Waals surface area contributed by atoms with Gasteiger partial charge in [-0.25, -0.2) is 0 Å². The first kappa shape index (κ1) is 15.1. The van der Waals surface area contributed by atoms with E-state index in [1.54, 1.807) is 10.9 Å². The number of carbonyl (C=O) groups excluding carboxylic acids is 1. The third kappa shape index (κ3) is 4.34. The van der Waals surface area contributed by atoms with Gasteiger partial charge in [-0.3, -0.25) is 9.48 Å². The topological polar surface area (TPSA) is 72.9 Å². The second-order valence-corrected chi connectivity index (χ2v) is 5.31. The zero-order chi connectivity index (χ0) is 15.2. The quantitative estimate of drug-likeness (QED) is 0.801. The van der Waals surface area contributed by atoms with E-state index in [2.05, 4.69) is 17.3 Å². The molecule has 2 aromatic rings. The number of anilines is 1. The van der Waals surface area contributed by atoms with E-state index in [1.807, 2.05) is 37.4 Å². The SMILES string of the molecule is CCCC(C)NC(=O)Cn1cc(-c2cccc(N)c2)cn1. The van der Waals surface area contributed by atoms with Crippen LogP contribution >= 0.6 is 0 Å². The zero-order valence-electron chi connectivity index (χ0n) is 12.5. The molecule has 1 aromatic heterocycles. The monoisotopic (exact) mass is 286 g/mol. The summed E-state index contributed by atoms with van der Waals surface area (Å²) < 4.78 is 1.65. The molecule has 112 valence electrons. The van der Waals surface area contributed by atoms with Crippen molar-refractivity contribution in [2.45, 2.75) is 39.3 Å². The van der Waals surface area contributed by atoms with E-state index >= 15 is 0 Å². The summed E-state index contributed by atoms with van der Waals surface area (Å²) in [5.74, 6) is -0.0156. The number of hydrogen-bond donors (Lipinski definition) is 2. The van der Waals surface area contributed by atoms with E-state index in [0.717, 1.165) is 24.0 Å². The molecule has 0 aliphatic carbocycles. The number of rotatable bonds is 6. The number of hydrogen-bond acceptors (Lipinski definition) is 3. The van der Waals surface area contributed by atoms with Crippen LogP contribution < -0.4 is 11.1 Å². The van der Waals surface area contributed by atoms with Crippen molar-refractivity contribution in [2.75, 3.05) is 5.73 Å². The molecule has 0 saturated heterocycles. The highest BCUT2D eigenvalue weighted by atomic mass is 16.2. The minimum Gasteiger partial charge on any atom is -0.399 e. The normalized spacial score (nSPS) is 12.1. The van der Waals surface area contributed by atoms with Gasteiger partial charge in [-0.05, 0) is 31.0 Å². The van der Waals surface area contributed by atoms with Crippen LogP contribution in [0.1, 0.15) is 26.7 Å². The Labute approximate surface area is 125 Å². The van der Waals surface area contributed by atoms with Gasteiger partial charge in [-0.15, -0.1) is 0 Å². The molecule has 0 radical (unpaired) electrons. The molecule has 1 heterocycles. The maximum absolute atomic E-state index is 11.9. The Kier molecular flexibility index (Phi) is 4.98. The Morgan fingerprint density at radius 2 is 2.24 bits per heavy atom. The van der Waals surface area contributed by atoms with Crippen molar-refractivity contribution in [3.8, 4) is 11.1 Å². The van der Waals surface area contributed by atoms with Gasteiger partial charge in [0.15, 0.2) is 0 Å². The van der Waals surface area contributed by atoms with Crippen LogP contribution in [0, 0.1) is 0 Å². The number of nitrogen functional groups attached to an aromatic ring is 1. The molecular formula is C16H22N4O. The summed E-state index contributed by atoms with van der Waals surface area (Å²) in [5, 5.41) is 7.20. The molecule has 0 fully saturated rings. The highest BCUT2D eigenvalue weighted by Gasteiger charge is 2.09. The summed E-state index contributed by atoms with van der Waals surface area (Å²) in [5.41, 5.74) is 8.45. The van der Waals surface area contributed by atoms with E-state index in [-0.39, 0.29) is 18.5 Å². The van der Waals surface area contributed by atoms with Crippen LogP contribution in [0.5, 0.6) is 0 Å². The van der Waals surface area contributed by atoms with E-state index in [1.165, 1.54) is 0 Å². The van der Waals surface area contributed by atoms with Gasteiger partial charge in [0.1, 0.15) is 6.54 Å². The number of amides is 1. The maximum atomic E-state index is 11.9. The lowest BCUT2D eigenvalue weighted by Crippen LogP contribution is -2.35. The Morgan fingerprint density at radius 1 is 1.43 bits per heavy atom. The van der Waals surface area contributed by atoms with Crippen LogP contribution in [-0.2, 0) is 11.3 Å². The van der Waals surface area contributed by atoms with Crippen molar-refractivity contribution in [3.05, 3.63) is 36.7 Å². The molecule has 3 N–H and O–H groups in total. The fourth-order valence-electron chi connectivity index (χ4n) is 2.29. The molecule has 1 unspecified atom stereocenters. The predicted molar refractivity (Wildman–Crippen MR) is 84.6 cm³/mol. The van der Waals surface area contributed by atoms with Gasteiger partial charge in [-0.2, -0.15) is 5.10 Å². The van der Waals surface area contributed by atoms with E-state index < -0.39 is 0 Å². The Morgan fingerprint density at radius 3 is 2.95 bits per heavy atom. The highest BCUT2D eigenvalue weighted by Crippen LogP contribution is 2.20. The third-order valence-electron chi connectivity index (χ3n) is 3.29. The Bertz CT molecular complexity index is 606. The van der Waals surface area contributed by atoms with Crippen LogP contribution in [0.2, 0.25) is 0 Å². The van der Waals surface area contributed by atoms with Gasteiger partial charge >= 0.3 is 0 Å². The smallest absolute Gasteiger partial charge is 0.241 e. The van der Waals surface area contributed by atoms with Crippen LogP contribution in [-0.4, -0.2) is 21.7 Å². The van der Waals surface area contributed by atoms with Gasteiger partial charge in [0.2, 0.25) is 5.91 Å².